The highest BCUT2D eigenvalue weighted by atomic mass is 16.7. The van der Waals surface area contributed by atoms with Gasteiger partial charge in [-0.15, -0.1) is 0 Å². The first-order chi connectivity index (χ1) is 14.9. The standard InChI is InChI=1S/C22H39NO8/c1-5-10-16(24)29-19-15(4)28-22(27-14-9-8-13-23)21(31-18(26)12-7-3)20(19)30-17(25)11-6-2/h15,19-22H,5-14,23H2,1-4H3/t15-,19+,20+,21-,22?/m0/s1. The normalized spacial score (nSPS) is 25.6. The van der Waals surface area contributed by atoms with Crippen molar-refractivity contribution in [1.29, 1.82) is 0 Å². The Hall–Kier alpha value is -1.71. The van der Waals surface area contributed by atoms with Crippen molar-refractivity contribution in [2.45, 2.75) is 110 Å². The van der Waals surface area contributed by atoms with E-state index in [-0.39, 0.29) is 19.3 Å². The molecule has 0 aromatic carbocycles. The van der Waals surface area contributed by atoms with E-state index in [9.17, 15) is 14.4 Å². The highest BCUT2D eigenvalue weighted by Crippen LogP contribution is 2.30. The lowest BCUT2D eigenvalue weighted by Gasteiger charge is -2.43. The molecule has 0 saturated carbocycles. The molecule has 1 aliphatic heterocycles. The number of nitrogens with two attached hydrogens (primary N) is 1. The van der Waals surface area contributed by atoms with Crippen LogP contribution >= 0.6 is 0 Å². The lowest BCUT2D eigenvalue weighted by atomic mass is 9.98. The van der Waals surface area contributed by atoms with E-state index < -0.39 is 48.6 Å². The van der Waals surface area contributed by atoms with Crippen LogP contribution < -0.4 is 5.73 Å². The molecule has 1 rings (SSSR count). The summed E-state index contributed by atoms with van der Waals surface area (Å²) >= 11 is 0. The van der Waals surface area contributed by atoms with Crippen molar-refractivity contribution in [2.75, 3.05) is 13.2 Å². The van der Waals surface area contributed by atoms with E-state index in [4.69, 9.17) is 29.4 Å². The van der Waals surface area contributed by atoms with Gasteiger partial charge in [-0.25, -0.2) is 0 Å². The SMILES string of the molecule is CCCC(=O)O[C@@H]1[C@H](OC(=O)CCC)[C@H](C)OC(OCCCCN)[C@H]1OC(=O)CCC. The summed E-state index contributed by atoms with van der Waals surface area (Å²) in [5.74, 6) is -1.35. The summed E-state index contributed by atoms with van der Waals surface area (Å²) in [7, 11) is 0. The van der Waals surface area contributed by atoms with E-state index >= 15 is 0 Å². The molecule has 5 atom stereocenters. The first kappa shape index (κ1) is 27.3. The Morgan fingerprint density at radius 2 is 1.26 bits per heavy atom. The number of carbonyl (C=O) groups excluding carboxylic acids is 3. The molecule has 9 heteroatoms. The highest BCUT2D eigenvalue weighted by molar-refractivity contribution is 5.71. The van der Waals surface area contributed by atoms with Gasteiger partial charge in [0.25, 0.3) is 0 Å². The molecule has 1 fully saturated rings. The van der Waals surface area contributed by atoms with Crippen LogP contribution in [0.2, 0.25) is 0 Å². The van der Waals surface area contributed by atoms with Gasteiger partial charge in [0.1, 0.15) is 0 Å². The predicted octanol–water partition coefficient (Wildman–Crippen LogP) is 2.62. The van der Waals surface area contributed by atoms with Gasteiger partial charge in [0.2, 0.25) is 0 Å². The Kier molecular flexibility index (Phi) is 13.4. The molecule has 180 valence electrons. The number of carbonyl (C=O) groups is 3. The molecule has 0 spiro atoms. The van der Waals surface area contributed by atoms with Crippen LogP contribution in [0.4, 0.5) is 0 Å². The van der Waals surface area contributed by atoms with E-state index in [0.29, 0.717) is 38.8 Å². The number of ether oxygens (including phenoxy) is 5. The van der Waals surface area contributed by atoms with Crippen LogP contribution in [0.15, 0.2) is 0 Å². The third kappa shape index (κ3) is 9.53. The Labute approximate surface area is 185 Å². The molecular weight excluding hydrogens is 406 g/mol. The highest BCUT2D eigenvalue weighted by Gasteiger charge is 2.51. The quantitative estimate of drug-likeness (QED) is 0.244. The summed E-state index contributed by atoms with van der Waals surface area (Å²) < 4.78 is 28.7. The number of unbranched alkanes of at least 4 members (excludes halogenated alkanes) is 1. The van der Waals surface area contributed by atoms with E-state index in [0.717, 1.165) is 6.42 Å². The van der Waals surface area contributed by atoms with Gasteiger partial charge in [-0.1, -0.05) is 20.8 Å². The van der Waals surface area contributed by atoms with E-state index in [1.54, 1.807) is 6.92 Å². The molecule has 1 unspecified atom stereocenters. The summed E-state index contributed by atoms with van der Waals surface area (Å²) in [6, 6.07) is 0. The Morgan fingerprint density at radius 3 is 1.74 bits per heavy atom. The van der Waals surface area contributed by atoms with Gasteiger partial charge in [-0.3, -0.25) is 14.4 Å². The van der Waals surface area contributed by atoms with Gasteiger partial charge >= 0.3 is 17.9 Å². The minimum absolute atomic E-state index is 0.193. The summed E-state index contributed by atoms with van der Waals surface area (Å²) in [6.45, 7) is 8.16. The van der Waals surface area contributed by atoms with Crippen molar-refractivity contribution >= 4 is 17.9 Å². The summed E-state index contributed by atoms with van der Waals surface area (Å²) in [4.78, 5) is 36.8. The average molecular weight is 446 g/mol. The second kappa shape index (κ2) is 15.2. The maximum absolute atomic E-state index is 12.3. The molecule has 0 aliphatic carbocycles. The molecule has 0 radical (unpaired) electrons. The van der Waals surface area contributed by atoms with Gasteiger partial charge in [-0.2, -0.15) is 0 Å². The smallest absolute Gasteiger partial charge is 0.306 e. The van der Waals surface area contributed by atoms with Crippen molar-refractivity contribution in [1.82, 2.24) is 0 Å². The maximum Gasteiger partial charge on any atom is 0.306 e. The molecule has 0 aromatic rings. The van der Waals surface area contributed by atoms with Crippen LogP contribution in [0.25, 0.3) is 0 Å². The maximum atomic E-state index is 12.3. The van der Waals surface area contributed by atoms with Crippen molar-refractivity contribution in [2.24, 2.45) is 5.73 Å². The van der Waals surface area contributed by atoms with Crippen molar-refractivity contribution in [3.63, 3.8) is 0 Å². The predicted molar refractivity (Wildman–Crippen MR) is 113 cm³/mol. The molecule has 0 aromatic heterocycles. The van der Waals surface area contributed by atoms with Crippen molar-refractivity contribution in [3.8, 4) is 0 Å². The largest absolute Gasteiger partial charge is 0.455 e. The zero-order chi connectivity index (χ0) is 23.2. The fourth-order valence-corrected chi connectivity index (χ4v) is 3.22. The van der Waals surface area contributed by atoms with Crippen LogP contribution in [-0.2, 0) is 38.1 Å². The van der Waals surface area contributed by atoms with Crippen LogP contribution in [0, 0.1) is 0 Å². The average Bonchev–Trinajstić information content (AvgIpc) is 2.71. The van der Waals surface area contributed by atoms with E-state index in [2.05, 4.69) is 0 Å². The van der Waals surface area contributed by atoms with Crippen LogP contribution in [0.3, 0.4) is 0 Å². The molecule has 0 bridgehead atoms. The van der Waals surface area contributed by atoms with Gasteiger partial charge in [0, 0.05) is 25.9 Å². The van der Waals surface area contributed by atoms with Gasteiger partial charge in [-0.05, 0) is 45.6 Å². The summed E-state index contributed by atoms with van der Waals surface area (Å²) in [5.41, 5.74) is 5.53. The zero-order valence-electron chi connectivity index (χ0n) is 19.3. The number of hydrogen-bond donors (Lipinski definition) is 1. The third-order valence-electron chi connectivity index (χ3n) is 4.77. The number of esters is 3. The molecule has 1 aliphatic rings. The third-order valence-corrected chi connectivity index (χ3v) is 4.77. The van der Waals surface area contributed by atoms with E-state index in [1.165, 1.54) is 0 Å². The van der Waals surface area contributed by atoms with Gasteiger partial charge in [0.15, 0.2) is 24.6 Å². The second-order valence-corrected chi connectivity index (χ2v) is 7.69. The molecule has 1 heterocycles. The van der Waals surface area contributed by atoms with E-state index in [1.807, 2.05) is 20.8 Å². The Balaban J connectivity index is 3.13. The summed E-state index contributed by atoms with van der Waals surface area (Å²) in [5, 5.41) is 0. The molecule has 9 nitrogen and oxygen atoms in total. The van der Waals surface area contributed by atoms with Crippen molar-refractivity contribution in [3.05, 3.63) is 0 Å². The number of rotatable bonds is 14. The molecule has 2 N–H and O–H groups in total. The monoisotopic (exact) mass is 445 g/mol. The first-order valence-electron chi connectivity index (χ1n) is 11.4. The lowest BCUT2D eigenvalue weighted by Crippen LogP contribution is -2.61. The number of hydrogen-bond acceptors (Lipinski definition) is 9. The Morgan fingerprint density at radius 1 is 0.774 bits per heavy atom. The molecule has 0 amide bonds. The van der Waals surface area contributed by atoms with Crippen LogP contribution in [-0.4, -0.2) is 61.8 Å². The second-order valence-electron chi connectivity index (χ2n) is 7.69. The molecule has 1 saturated heterocycles. The topological polar surface area (TPSA) is 123 Å². The lowest BCUT2D eigenvalue weighted by molar-refractivity contribution is -0.301. The molecule has 31 heavy (non-hydrogen) atoms. The zero-order valence-corrected chi connectivity index (χ0v) is 19.3. The van der Waals surface area contributed by atoms with Crippen LogP contribution in [0.1, 0.15) is 79.1 Å². The van der Waals surface area contributed by atoms with Gasteiger partial charge < -0.3 is 29.4 Å². The minimum Gasteiger partial charge on any atom is -0.455 e. The summed E-state index contributed by atoms with van der Waals surface area (Å²) in [6.07, 6.45) is -0.667. The van der Waals surface area contributed by atoms with Crippen LogP contribution in [0.5, 0.6) is 0 Å². The first-order valence-corrected chi connectivity index (χ1v) is 11.4. The molecular formula is C22H39NO8. The van der Waals surface area contributed by atoms with Crippen molar-refractivity contribution < 1.29 is 38.1 Å². The fraction of sp³-hybridized carbons (Fsp3) is 0.864. The minimum atomic E-state index is -1.05. The Bertz CT molecular complexity index is 556. The fourth-order valence-electron chi connectivity index (χ4n) is 3.22. The van der Waals surface area contributed by atoms with Gasteiger partial charge in [0.05, 0.1) is 6.10 Å².